The Hall–Kier alpha value is -2.97. The second kappa shape index (κ2) is 8.37. The van der Waals surface area contributed by atoms with Crippen LogP contribution in [0.3, 0.4) is 0 Å². The van der Waals surface area contributed by atoms with Gasteiger partial charge in [0.25, 0.3) is 11.7 Å². The molecule has 9 nitrogen and oxygen atoms in total. The van der Waals surface area contributed by atoms with Gasteiger partial charge in [0, 0.05) is 37.6 Å². The zero-order valence-electron chi connectivity index (χ0n) is 15.9. The van der Waals surface area contributed by atoms with Crippen molar-refractivity contribution in [1.82, 2.24) is 30.1 Å². The summed E-state index contributed by atoms with van der Waals surface area (Å²) in [5.74, 6) is 2.75. The van der Waals surface area contributed by atoms with Gasteiger partial charge < -0.3 is 14.6 Å². The number of carbonyl (C=O) groups excluding carboxylic acids is 1. The van der Waals surface area contributed by atoms with Crippen LogP contribution < -0.4 is 10.1 Å². The average Bonchev–Trinajstić information content (AvgIpc) is 3.40. The second-order valence-corrected chi connectivity index (χ2v) is 7.20. The van der Waals surface area contributed by atoms with E-state index in [9.17, 15) is 4.79 Å². The molecule has 3 aromatic rings. The molecule has 1 aliphatic rings. The van der Waals surface area contributed by atoms with E-state index in [1.807, 2.05) is 10.6 Å². The minimum atomic E-state index is 0.0379. The summed E-state index contributed by atoms with van der Waals surface area (Å²) in [7, 11) is 1.53. The van der Waals surface area contributed by atoms with Gasteiger partial charge in [0.05, 0.1) is 12.8 Å². The number of ether oxygens (including phenoxy) is 1. The molecule has 1 saturated carbocycles. The Kier molecular flexibility index (Phi) is 5.50. The number of carbonyl (C=O) groups is 1. The smallest absolute Gasteiger partial charge is 0.254 e. The van der Waals surface area contributed by atoms with Crippen molar-refractivity contribution in [1.29, 1.82) is 0 Å². The van der Waals surface area contributed by atoms with Gasteiger partial charge in [-0.05, 0) is 42.8 Å². The van der Waals surface area contributed by atoms with E-state index >= 15 is 0 Å². The Morgan fingerprint density at radius 1 is 1.32 bits per heavy atom. The zero-order chi connectivity index (χ0) is 19.3. The van der Waals surface area contributed by atoms with Gasteiger partial charge in [-0.2, -0.15) is 10.1 Å². The van der Waals surface area contributed by atoms with E-state index in [4.69, 9.17) is 9.26 Å². The first kappa shape index (κ1) is 18.4. The molecule has 0 unspecified atom stereocenters. The Bertz CT molecular complexity index is 929. The van der Waals surface area contributed by atoms with Gasteiger partial charge in [-0.1, -0.05) is 0 Å². The van der Waals surface area contributed by atoms with E-state index in [2.05, 4.69) is 25.5 Å². The lowest BCUT2D eigenvalue weighted by molar-refractivity contribution is -0.121. The number of aromatic nitrogens is 5. The molecule has 0 aromatic carbocycles. The van der Waals surface area contributed by atoms with Crippen LogP contribution in [0.1, 0.15) is 49.5 Å². The van der Waals surface area contributed by atoms with Crippen LogP contribution in [-0.4, -0.2) is 44.3 Å². The Morgan fingerprint density at radius 2 is 2.18 bits per heavy atom. The quantitative estimate of drug-likeness (QED) is 0.665. The Balaban J connectivity index is 1.21. The van der Waals surface area contributed by atoms with Crippen molar-refractivity contribution >= 4 is 11.7 Å². The summed E-state index contributed by atoms with van der Waals surface area (Å²) < 4.78 is 11.9. The van der Waals surface area contributed by atoms with Crippen molar-refractivity contribution in [2.24, 2.45) is 5.92 Å². The number of nitrogens with zero attached hydrogens (tertiary/aromatic N) is 5. The molecule has 1 N–H and O–H groups in total. The average molecular weight is 384 g/mol. The fourth-order valence-electron chi connectivity index (χ4n) is 3.82. The predicted octanol–water partition coefficient (Wildman–Crippen LogP) is 2.14. The fraction of sp³-hybridized carbons (Fsp3) is 0.526. The molecule has 0 spiro atoms. The highest BCUT2D eigenvalue weighted by molar-refractivity contribution is 5.76. The van der Waals surface area contributed by atoms with E-state index in [1.165, 1.54) is 12.8 Å². The van der Waals surface area contributed by atoms with Crippen molar-refractivity contribution in [3.63, 3.8) is 0 Å². The lowest BCUT2D eigenvalue weighted by Crippen LogP contribution is -2.31. The van der Waals surface area contributed by atoms with E-state index in [-0.39, 0.29) is 5.91 Å². The monoisotopic (exact) mass is 384 g/mol. The minimum Gasteiger partial charge on any atom is -0.479 e. The molecule has 0 aliphatic heterocycles. The Morgan fingerprint density at radius 3 is 2.96 bits per heavy atom. The third-order valence-corrected chi connectivity index (χ3v) is 5.41. The summed E-state index contributed by atoms with van der Waals surface area (Å²) in [6.07, 6.45) is 8.58. The lowest BCUT2D eigenvalue weighted by atomic mass is 9.80. The van der Waals surface area contributed by atoms with Crippen LogP contribution in [0.2, 0.25) is 0 Å². The highest BCUT2D eigenvalue weighted by Crippen LogP contribution is 2.35. The molecule has 3 heterocycles. The first-order chi connectivity index (χ1) is 13.7. The normalized spacial score (nSPS) is 19.6. The molecule has 0 atom stereocenters. The van der Waals surface area contributed by atoms with Crippen molar-refractivity contribution in [2.45, 2.75) is 44.4 Å². The standard InChI is InChI=1S/C19H24N6O3/c1-27-18-10-15(28-24-18)6-7-17(26)21-11-13-2-4-14(5-3-13)16-8-9-20-19-22-12-23-25(16)19/h8-10,12-14H,2-7,11H2,1H3,(H,21,26). The molecular weight excluding hydrogens is 360 g/mol. The van der Waals surface area contributed by atoms with Gasteiger partial charge in [0.15, 0.2) is 0 Å². The third kappa shape index (κ3) is 4.13. The van der Waals surface area contributed by atoms with Crippen molar-refractivity contribution in [2.75, 3.05) is 13.7 Å². The number of methoxy groups -OCH3 is 1. The summed E-state index contributed by atoms with van der Waals surface area (Å²) >= 11 is 0. The van der Waals surface area contributed by atoms with E-state index in [0.717, 1.165) is 32.2 Å². The SMILES string of the molecule is COc1cc(CCC(=O)NCC2CCC(c3ccnc4ncnn34)CC2)on1. The molecule has 3 aromatic heterocycles. The Labute approximate surface area is 162 Å². The van der Waals surface area contributed by atoms with Gasteiger partial charge in [-0.25, -0.2) is 9.50 Å². The van der Waals surface area contributed by atoms with E-state index in [0.29, 0.717) is 42.1 Å². The molecule has 28 heavy (non-hydrogen) atoms. The van der Waals surface area contributed by atoms with Gasteiger partial charge in [0.2, 0.25) is 5.91 Å². The molecule has 1 fully saturated rings. The molecule has 4 rings (SSSR count). The lowest BCUT2D eigenvalue weighted by Gasteiger charge is -2.28. The summed E-state index contributed by atoms with van der Waals surface area (Å²) in [6.45, 7) is 0.723. The first-order valence-electron chi connectivity index (χ1n) is 9.64. The van der Waals surface area contributed by atoms with Crippen LogP contribution in [0, 0.1) is 5.92 Å². The van der Waals surface area contributed by atoms with Gasteiger partial charge in [0.1, 0.15) is 12.1 Å². The van der Waals surface area contributed by atoms with Crippen LogP contribution >= 0.6 is 0 Å². The third-order valence-electron chi connectivity index (χ3n) is 5.41. The first-order valence-corrected chi connectivity index (χ1v) is 9.64. The predicted molar refractivity (Wildman–Crippen MR) is 99.9 cm³/mol. The van der Waals surface area contributed by atoms with E-state index < -0.39 is 0 Å². The number of hydrogen-bond donors (Lipinski definition) is 1. The summed E-state index contributed by atoms with van der Waals surface area (Å²) in [6, 6.07) is 3.74. The van der Waals surface area contributed by atoms with Gasteiger partial charge in [-0.3, -0.25) is 4.79 Å². The van der Waals surface area contributed by atoms with Crippen molar-refractivity contribution in [3.05, 3.63) is 36.1 Å². The summed E-state index contributed by atoms with van der Waals surface area (Å²) in [4.78, 5) is 20.5. The summed E-state index contributed by atoms with van der Waals surface area (Å²) in [5.41, 5.74) is 1.17. The van der Waals surface area contributed by atoms with Crippen LogP contribution in [0.4, 0.5) is 0 Å². The van der Waals surface area contributed by atoms with Crippen LogP contribution in [-0.2, 0) is 11.2 Å². The highest BCUT2D eigenvalue weighted by Gasteiger charge is 2.24. The maximum Gasteiger partial charge on any atom is 0.254 e. The molecule has 0 radical (unpaired) electrons. The zero-order valence-corrected chi connectivity index (χ0v) is 15.9. The highest BCUT2D eigenvalue weighted by atomic mass is 16.5. The molecule has 148 valence electrons. The van der Waals surface area contributed by atoms with Crippen molar-refractivity contribution in [3.8, 4) is 5.88 Å². The van der Waals surface area contributed by atoms with Crippen LogP contribution in [0.25, 0.3) is 5.78 Å². The van der Waals surface area contributed by atoms with E-state index in [1.54, 1.807) is 18.6 Å². The maximum atomic E-state index is 12.1. The summed E-state index contributed by atoms with van der Waals surface area (Å²) in [5, 5.41) is 11.1. The molecule has 9 heteroatoms. The molecular formula is C19H24N6O3. The molecule has 0 saturated heterocycles. The van der Waals surface area contributed by atoms with Crippen molar-refractivity contribution < 1.29 is 14.1 Å². The second-order valence-electron chi connectivity index (χ2n) is 7.20. The molecule has 1 amide bonds. The maximum absolute atomic E-state index is 12.1. The topological polar surface area (TPSA) is 107 Å². The van der Waals surface area contributed by atoms with Gasteiger partial charge in [-0.15, -0.1) is 0 Å². The minimum absolute atomic E-state index is 0.0379. The largest absolute Gasteiger partial charge is 0.479 e. The molecule has 1 aliphatic carbocycles. The number of nitrogens with one attached hydrogen (secondary N) is 1. The van der Waals surface area contributed by atoms with Gasteiger partial charge >= 0.3 is 0 Å². The number of amides is 1. The number of aryl methyl sites for hydroxylation is 1. The number of hydrogen-bond acceptors (Lipinski definition) is 7. The fourth-order valence-corrected chi connectivity index (χ4v) is 3.82. The van der Waals surface area contributed by atoms with Crippen LogP contribution in [0.5, 0.6) is 5.88 Å². The number of rotatable bonds is 7. The molecule has 0 bridgehead atoms. The van der Waals surface area contributed by atoms with Crippen LogP contribution in [0.15, 0.2) is 29.2 Å². The number of fused-ring (bicyclic) bond motifs is 1.